The van der Waals surface area contributed by atoms with E-state index in [4.69, 9.17) is 0 Å². The molecular formula is C18H21N5O. The summed E-state index contributed by atoms with van der Waals surface area (Å²) < 4.78 is 0. The lowest BCUT2D eigenvalue weighted by Gasteiger charge is -2.45. The molecule has 1 atom stereocenters. The van der Waals surface area contributed by atoms with Gasteiger partial charge in [0.25, 0.3) is 0 Å². The fourth-order valence-corrected chi connectivity index (χ4v) is 3.43. The molecule has 3 heterocycles. The Bertz CT molecular complexity index is 718. The highest BCUT2D eigenvalue weighted by Gasteiger charge is 2.37. The highest BCUT2D eigenvalue weighted by molar-refractivity contribution is 5.83. The van der Waals surface area contributed by atoms with Crippen LogP contribution in [0.1, 0.15) is 0 Å². The highest BCUT2D eigenvalue weighted by Crippen LogP contribution is 2.22. The van der Waals surface area contributed by atoms with Crippen molar-refractivity contribution < 1.29 is 4.79 Å². The molecule has 1 aromatic carbocycles. The predicted octanol–water partition coefficient (Wildman–Crippen LogP) is 1.11. The monoisotopic (exact) mass is 323 g/mol. The van der Waals surface area contributed by atoms with Crippen LogP contribution in [-0.4, -0.2) is 71.7 Å². The van der Waals surface area contributed by atoms with Crippen molar-refractivity contribution in [1.82, 2.24) is 20.0 Å². The van der Waals surface area contributed by atoms with Gasteiger partial charge in [0, 0.05) is 45.3 Å². The van der Waals surface area contributed by atoms with Crippen molar-refractivity contribution in [3.8, 4) is 11.3 Å². The Kier molecular flexibility index (Phi) is 3.90. The first-order chi connectivity index (χ1) is 11.7. The maximum absolute atomic E-state index is 12.4. The van der Waals surface area contributed by atoms with Crippen molar-refractivity contribution in [1.29, 1.82) is 0 Å². The van der Waals surface area contributed by atoms with E-state index >= 15 is 0 Å². The molecule has 4 rings (SSSR count). The summed E-state index contributed by atoms with van der Waals surface area (Å²) in [7, 11) is 1.88. The minimum Gasteiger partial charge on any atom is -0.352 e. The smallest absolute Gasteiger partial charge is 0.241 e. The fourth-order valence-electron chi connectivity index (χ4n) is 3.43. The number of carbonyl (C=O) groups excluding carboxylic acids is 1. The summed E-state index contributed by atoms with van der Waals surface area (Å²) in [6.07, 6.45) is 0. The Hall–Kier alpha value is -2.47. The van der Waals surface area contributed by atoms with E-state index in [0.29, 0.717) is 6.54 Å². The van der Waals surface area contributed by atoms with Gasteiger partial charge in [-0.2, -0.15) is 0 Å². The average molecular weight is 323 g/mol. The number of rotatable bonds is 2. The number of piperazine rings is 2. The molecule has 2 aromatic rings. The molecule has 1 amide bonds. The standard InChI is InChI=1S/C18H21N5O/c1-21-9-10-22-11-12-23(13-16(22)18(21)24)17-8-7-15(19-20-17)14-5-3-2-4-6-14/h2-8,16H,9-13H2,1H3/t16-/m0/s1. The van der Waals surface area contributed by atoms with Crippen LogP contribution in [0.3, 0.4) is 0 Å². The second kappa shape index (κ2) is 6.20. The second-order valence-electron chi connectivity index (χ2n) is 6.40. The molecule has 24 heavy (non-hydrogen) atoms. The molecule has 2 fully saturated rings. The van der Waals surface area contributed by atoms with Crippen LogP contribution >= 0.6 is 0 Å². The molecule has 0 spiro atoms. The van der Waals surface area contributed by atoms with Gasteiger partial charge in [-0.3, -0.25) is 9.69 Å². The topological polar surface area (TPSA) is 52.6 Å². The van der Waals surface area contributed by atoms with Crippen molar-refractivity contribution in [3.63, 3.8) is 0 Å². The van der Waals surface area contributed by atoms with Crippen LogP contribution in [0, 0.1) is 0 Å². The Morgan fingerprint density at radius 2 is 1.75 bits per heavy atom. The molecular weight excluding hydrogens is 302 g/mol. The number of anilines is 1. The molecule has 2 saturated heterocycles. The van der Waals surface area contributed by atoms with Gasteiger partial charge in [-0.25, -0.2) is 0 Å². The van der Waals surface area contributed by atoms with Crippen LogP contribution in [0.2, 0.25) is 0 Å². The number of likely N-dealkylation sites (N-methyl/N-ethyl adjacent to an activating group) is 1. The lowest BCUT2D eigenvalue weighted by molar-refractivity contribution is -0.140. The molecule has 124 valence electrons. The number of amides is 1. The molecule has 0 bridgehead atoms. The normalized spacial score (nSPS) is 21.7. The first kappa shape index (κ1) is 15.1. The van der Waals surface area contributed by atoms with Crippen LogP contribution < -0.4 is 4.90 Å². The maximum Gasteiger partial charge on any atom is 0.241 e. The summed E-state index contributed by atoms with van der Waals surface area (Å²) in [5, 5.41) is 8.75. The number of aromatic nitrogens is 2. The Balaban J connectivity index is 1.51. The minimum atomic E-state index is -0.0619. The van der Waals surface area contributed by atoms with Crippen LogP contribution in [0.15, 0.2) is 42.5 Å². The molecule has 6 heteroatoms. The van der Waals surface area contributed by atoms with Gasteiger partial charge in [0.1, 0.15) is 6.04 Å². The first-order valence-corrected chi connectivity index (χ1v) is 8.35. The van der Waals surface area contributed by atoms with Crippen molar-refractivity contribution in [2.75, 3.05) is 44.7 Å². The summed E-state index contributed by atoms with van der Waals surface area (Å²) in [5.41, 5.74) is 1.93. The number of benzene rings is 1. The quantitative estimate of drug-likeness (QED) is 0.829. The third kappa shape index (κ3) is 2.73. The summed E-state index contributed by atoms with van der Waals surface area (Å²) in [6, 6.07) is 14.0. The summed E-state index contributed by atoms with van der Waals surface area (Å²) in [6.45, 7) is 4.24. The van der Waals surface area contributed by atoms with E-state index in [2.05, 4.69) is 20.0 Å². The minimum absolute atomic E-state index is 0.0619. The van der Waals surface area contributed by atoms with E-state index in [1.807, 2.05) is 54.4 Å². The number of fused-ring (bicyclic) bond motifs is 1. The molecule has 0 radical (unpaired) electrons. The van der Waals surface area contributed by atoms with E-state index in [9.17, 15) is 4.79 Å². The third-order valence-electron chi connectivity index (χ3n) is 4.92. The summed E-state index contributed by atoms with van der Waals surface area (Å²) in [5.74, 6) is 1.05. The van der Waals surface area contributed by atoms with E-state index in [1.54, 1.807) is 0 Å². The molecule has 1 aromatic heterocycles. The Labute approximate surface area is 141 Å². The molecule has 0 saturated carbocycles. The molecule has 0 aliphatic carbocycles. The van der Waals surface area contributed by atoms with E-state index in [-0.39, 0.29) is 11.9 Å². The zero-order chi connectivity index (χ0) is 16.5. The summed E-state index contributed by atoms with van der Waals surface area (Å²) in [4.78, 5) is 18.7. The second-order valence-corrected chi connectivity index (χ2v) is 6.40. The number of nitrogens with zero attached hydrogens (tertiary/aromatic N) is 5. The lowest BCUT2D eigenvalue weighted by Crippen LogP contribution is -2.64. The van der Waals surface area contributed by atoms with Crippen LogP contribution in [0.4, 0.5) is 5.82 Å². The van der Waals surface area contributed by atoms with Gasteiger partial charge in [-0.05, 0) is 12.1 Å². The zero-order valence-corrected chi connectivity index (χ0v) is 13.8. The zero-order valence-electron chi connectivity index (χ0n) is 13.8. The van der Waals surface area contributed by atoms with E-state index in [1.165, 1.54) is 0 Å². The molecule has 6 nitrogen and oxygen atoms in total. The van der Waals surface area contributed by atoms with Gasteiger partial charge in [0.2, 0.25) is 5.91 Å². The van der Waals surface area contributed by atoms with Gasteiger partial charge < -0.3 is 9.80 Å². The highest BCUT2D eigenvalue weighted by atomic mass is 16.2. The SMILES string of the molecule is CN1CCN2CCN(c3ccc(-c4ccccc4)nn3)C[C@H]2C1=O. The number of hydrogen-bond acceptors (Lipinski definition) is 5. The van der Waals surface area contributed by atoms with Gasteiger partial charge in [-0.1, -0.05) is 30.3 Å². The molecule has 0 N–H and O–H groups in total. The lowest BCUT2D eigenvalue weighted by atomic mass is 10.1. The third-order valence-corrected chi connectivity index (χ3v) is 4.92. The van der Waals surface area contributed by atoms with Crippen LogP contribution in [0.5, 0.6) is 0 Å². The molecule has 2 aliphatic rings. The Morgan fingerprint density at radius 1 is 0.958 bits per heavy atom. The largest absolute Gasteiger partial charge is 0.352 e. The van der Waals surface area contributed by atoms with Crippen LogP contribution in [-0.2, 0) is 4.79 Å². The van der Waals surface area contributed by atoms with Gasteiger partial charge in [-0.15, -0.1) is 10.2 Å². The van der Waals surface area contributed by atoms with Crippen molar-refractivity contribution in [3.05, 3.63) is 42.5 Å². The van der Waals surface area contributed by atoms with Crippen molar-refractivity contribution in [2.24, 2.45) is 0 Å². The van der Waals surface area contributed by atoms with E-state index < -0.39 is 0 Å². The fraction of sp³-hybridized carbons (Fsp3) is 0.389. The van der Waals surface area contributed by atoms with Crippen molar-refractivity contribution >= 4 is 11.7 Å². The number of hydrogen-bond donors (Lipinski definition) is 0. The van der Waals surface area contributed by atoms with Crippen molar-refractivity contribution in [2.45, 2.75) is 6.04 Å². The first-order valence-electron chi connectivity index (χ1n) is 8.35. The average Bonchev–Trinajstić information content (AvgIpc) is 2.65. The molecule has 2 aliphatic heterocycles. The van der Waals surface area contributed by atoms with E-state index in [0.717, 1.165) is 43.3 Å². The summed E-state index contributed by atoms with van der Waals surface area (Å²) >= 11 is 0. The van der Waals surface area contributed by atoms with Gasteiger partial charge in [0.15, 0.2) is 5.82 Å². The number of carbonyl (C=O) groups is 1. The predicted molar refractivity (Wildman–Crippen MR) is 92.7 cm³/mol. The maximum atomic E-state index is 12.4. The van der Waals surface area contributed by atoms with Crippen LogP contribution in [0.25, 0.3) is 11.3 Å². The molecule has 0 unspecified atom stereocenters. The van der Waals surface area contributed by atoms with Gasteiger partial charge >= 0.3 is 0 Å². The van der Waals surface area contributed by atoms with Gasteiger partial charge in [0.05, 0.1) is 5.69 Å². The Morgan fingerprint density at radius 3 is 2.50 bits per heavy atom.